The molecule has 7 nitrogen and oxygen atoms in total. The Bertz CT molecular complexity index is 3690. The zero-order valence-electron chi connectivity index (χ0n) is 31.1. The number of nitrogens with zero attached hydrogens (tertiary/aromatic N) is 5. The fraction of sp³-hybridized carbons (Fsp3) is 0.0392. The van der Waals surface area contributed by atoms with Gasteiger partial charge in [-0.15, -0.1) is 0 Å². The molecule has 7 aromatic carbocycles. The van der Waals surface area contributed by atoms with Crippen LogP contribution in [0.15, 0.2) is 167 Å². The van der Waals surface area contributed by atoms with Gasteiger partial charge in [-0.3, -0.25) is 4.57 Å². The lowest BCUT2D eigenvalue weighted by molar-refractivity contribution is 0.595. The lowest BCUT2D eigenvalue weighted by atomic mass is 10.00. The van der Waals surface area contributed by atoms with E-state index in [1.807, 2.05) is 36.4 Å². The topological polar surface area (TPSA) is 74.8 Å². The fourth-order valence-corrected chi connectivity index (χ4v) is 9.26. The molecule has 0 unspecified atom stereocenters. The molecular weight excluding hydrogens is 715 g/mol. The second-order valence-electron chi connectivity index (χ2n) is 15.1. The Morgan fingerprint density at radius 3 is 1.78 bits per heavy atom. The van der Waals surface area contributed by atoms with Gasteiger partial charge in [-0.1, -0.05) is 91.0 Å². The summed E-state index contributed by atoms with van der Waals surface area (Å²) in [4.78, 5) is 16.1. The first kappa shape index (κ1) is 31.4. The number of para-hydroxylation sites is 4. The molecule has 0 bridgehead atoms. The van der Waals surface area contributed by atoms with E-state index in [1.165, 1.54) is 10.9 Å². The molecule has 5 heterocycles. The van der Waals surface area contributed by atoms with Crippen molar-refractivity contribution in [1.82, 2.24) is 24.1 Å². The Labute approximate surface area is 330 Å². The van der Waals surface area contributed by atoms with Crippen LogP contribution < -0.4 is 0 Å². The summed E-state index contributed by atoms with van der Waals surface area (Å²) in [6.07, 6.45) is 6.18. The molecule has 0 N–H and O–H groups in total. The normalized spacial score (nSPS) is 13.0. The van der Waals surface area contributed by atoms with E-state index in [4.69, 9.17) is 23.8 Å². The molecular formula is C51H31N5O2. The number of rotatable bonds is 4. The minimum Gasteiger partial charge on any atom is -0.456 e. The standard InChI is InChI=1S/C51H31N5O2/c1-2-12-32(13-3-1)55-41-18-8-4-14-33(41)37-24-25-38-34-15-5-9-19-42(34)56(48(38)47(37)55)51-53-49(30-22-26-45-39(28-30)35-16-6-10-20-43(35)57-45)52-50(54-51)31-23-27-46-40(29-31)36-17-7-11-21-44(36)58-46/h1-6,8-16,18-29H,7,17H2. The molecule has 0 saturated carbocycles. The summed E-state index contributed by atoms with van der Waals surface area (Å²) < 4.78 is 17.1. The average Bonchev–Trinajstić information content (AvgIpc) is 4.04. The van der Waals surface area contributed by atoms with Crippen LogP contribution in [0.4, 0.5) is 0 Å². The highest BCUT2D eigenvalue weighted by Gasteiger charge is 2.24. The Hall–Kier alpha value is -7.77. The lowest BCUT2D eigenvalue weighted by Gasteiger charge is -2.13. The molecule has 13 rings (SSSR count). The van der Waals surface area contributed by atoms with Crippen LogP contribution in [0, 0.1) is 0 Å². The maximum atomic E-state index is 6.28. The Kier molecular flexibility index (Phi) is 6.43. The SMILES string of the molecule is C1=Cc2oc3ccc(-c4nc(-c5ccc6oc7ccccc7c6c5)nc(-n5c6ccccc6c6ccc7c8ccccc8n(-c8ccccc8)c7c65)n4)cc3c2CC1. The zero-order valence-corrected chi connectivity index (χ0v) is 31.1. The average molecular weight is 746 g/mol. The summed E-state index contributed by atoms with van der Waals surface area (Å²) >= 11 is 0. The highest BCUT2D eigenvalue weighted by Crippen LogP contribution is 2.42. The predicted molar refractivity (Wildman–Crippen MR) is 234 cm³/mol. The van der Waals surface area contributed by atoms with E-state index in [0.717, 1.165) is 107 Å². The largest absolute Gasteiger partial charge is 0.456 e. The fourth-order valence-electron chi connectivity index (χ4n) is 9.26. The summed E-state index contributed by atoms with van der Waals surface area (Å²) in [6.45, 7) is 0. The molecule has 0 spiro atoms. The van der Waals surface area contributed by atoms with E-state index >= 15 is 0 Å². The van der Waals surface area contributed by atoms with Gasteiger partial charge in [0.25, 0.3) is 0 Å². The number of hydrogen-bond donors (Lipinski definition) is 0. The second kappa shape index (κ2) is 11.9. The number of allylic oxidation sites excluding steroid dienone is 1. The van der Waals surface area contributed by atoms with E-state index in [9.17, 15) is 0 Å². The van der Waals surface area contributed by atoms with Crippen molar-refractivity contribution >= 4 is 82.6 Å². The molecule has 1 aliphatic rings. The van der Waals surface area contributed by atoms with Gasteiger partial charge in [-0.25, -0.2) is 4.98 Å². The molecule has 272 valence electrons. The highest BCUT2D eigenvalue weighted by molar-refractivity contribution is 6.23. The van der Waals surface area contributed by atoms with Crippen molar-refractivity contribution in [2.75, 3.05) is 0 Å². The van der Waals surface area contributed by atoms with Gasteiger partial charge in [0.2, 0.25) is 5.95 Å². The number of fused-ring (bicyclic) bond motifs is 13. The van der Waals surface area contributed by atoms with Crippen molar-refractivity contribution in [1.29, 1.82) is 0 Å². The van der Waals surface area contributed by atoms with Crippen LogP contribution in [0.2, 0.25) is 0 Å². The van der Waals surface area contributed by atoms with Crippen molar-refractivity contribution in [2.45, 2.75) is 12.8 Å². The molecule has 5 aromatic heterocycles. The Morgan fingerprint density at radius 2 is 1.03 bits per heavy atom. The van der Waals surface area contributed by atoms with Gasteiger partial charge in [0.05, 0.1) is 22.1 Å². The molecule has 0 fully saturated rings. The third kappa shape index (κ3) is 4.46. The van der Waals surface area contributed by atoms with Crippen LogP contribution in [0.3, 0.4) is 0 Å². The van der Waals surface area contributed by atoms with E-state index in [2.05, 4.69) is 137 Å². The van der Waals surface area contributed by atoms with Gasteiger partial charge in [-0.2, -0.15) is 9.97 Å². The first-order valence-corrected chi connectivity index (χ1v) is 19.7. The minimum atomic E-state index is 0.540. The smallest absolute Gasteiger partial charge is 0.238 e. The van der Waals surface area contributed by atoms with Gasteiger partial charge in [0, 0.05) is 60.1 Å². The van der Waals surface area contributed by atoms with Crippen molar-refractivity contribution in [3.05, 3.63) is 169 Å². The molecule has 7 heteroatoms. The first-order chi connectivity index (χ1) is 28.7. The predicted octanol–water partition coefficient (Wildman–Crippen LogP) is 13.0. The number of aromatic nitrogens is 5. The van der Waals surface area contributed by atoms with E-state index < -0.39 is 0 Å². The maximum Gasteiger partial charge on any atom is 0.238 e. The molecule has 12 aromatic rings. The van der Waals surface area contributed by atoms with Crippen LogP contribution in [0.1, 0.15) is 17.7 Å². The molecule has 0 aliphatic heterocycles. The van der Waals surface area contributed by atoms with E-state index in [0.29, 0.717) is 17.6 Å². The third-order valence-electron chi connectivity index (χ3n) is 11.9. The molecule has 0 saturated heterocycles. The second-order valence-corrected chi connectivity index (χ2v) is 15.1. The zero-order chi connectivity index (χ0) is 37.9. The first-order valence-electron chi connectivity index (χ1n) is 19.7. The van der Waals surface area contributed by atoms with Gasteiger partial charge in [0.15, 0.2) is 11.6 Å². The number of aryl methyl sites for hydroxylation is 1. The number of furan rings is 2. The monoisotopic (exact) mass is 745 g/mol. The van der Waals surface area contributed by atoms with Crippen LogP contribution in [0.5, 0.6) is 0 Å². The van der Waals surface area contributed by atoms with Crippen molar-refractivity contribution in [3.8, 4) is 34.4 Å². The van der Waals surface area contributed by atoms with Crippen LogP contribution in [-0.2, 0) is 6.42 Å². The molecule has 0 radical (unpaired) electrons. The van der Waals surface area contributed by atoms with Gasteiger partial charge < -0.3 is 13.4 Å². The molecule has 58 heavy (non-hydrogen) atoms. The lowest BCUT2D eigenvalue weighted by Crippen LogP contribution is -2.07. The highest BCUT2D eigenvalue weighted by atomic mass is 16.3. The van der Waals surface area contributed by atoms with Crippen LogP contribution in [-0.4, -0.2) is 24.1 Å². The Balaban J connectivity index is 1.15. The summed E-state index contributed by atoms with van der Waals surface area (Å²) in [6, 6.07) is 53.0. The molecule has 1 aliphatic carbocycles. The van der Waals surface area contributed by atoms with E-state index in [-0.39, 0.29) is 0 Å². The quantitative estimate of drug-likeness (QED) is 0.179. The van der Waals surface area contributed by atoms with Crippen LogP contribution in [0.25, 0.3) is 117 Å². The minimum absolute atomic E-state index is 0.540. The van der Waals surface area contributed by atoms with Gasteiger partial charge >= 0.3 is 0 Å². The van der Waals surface area contributed by atoms with E-state index in [1.54, 1.807) is 0 Å². The Morgan fingerprint density at radius 1 is 0.448 bits per heavy atom. The van der Waals surface area contributed by atoms with Gasteiger partial charge in [0.1, 0.15) is 22.5 Å². The maximum absolute atomic E-state index is 6.28. The molecule has 0 atom stereocenters. The van der Waals surface area contributed by atoms with Crippen molar-refractivity contribution in [3.63, 3.8) is 0 Å². The van der Waals surface area contributed by atoms with Crippen LogP contribution >= 0.6 is 0 Å². The molecule has 0 amide bonds. The summed E-state index contributed by atoms with van der Waals surface area (Å²) in [5.41, 5.74) is 10.9. The van der Waals surface area contributed by atoms with Gasteiger partial charge in [-0.05, 0) is 85.6 Å². The third-order valence-corrected chi connectivity index (χ3v) is 11.9. The summed E-state index contributed by atoms with van der Waals surface area (Å²) in [7, 11) is 0. The number of benzene rings is 7. The van der Waals surface area contributed by atoms with Crippen molar-refractivity contribution < 1.29 is 8.83 Å². The summed E-state index contributed by atoms with van der Waals surface area (Å²) in [5, 5.41) is 7.75. The van der Waals surface area contributed by atoms with Crippen molar-refractivity contribution in [2.24, 2.45) is 0 Å². The number of hydrogen-bond acceptors (Lipinski definition) is 5. The summed E-state index contributed by atoms with van der Waals surface area (Å²) in [5.74, 6) is 2.63.